The molecule has 0 aromatic heterocycles. The second-order valence-electron chi connectivity index (χ2n) is 4.79. The Morgan fingerprint density at radius 1 is 0.917 bits per heavy atom. The number of amides is 1. The van der Waals surface area contributed by atoms with Crippen molar-refractivity contribution < 1.29 is 14.6 Å². The van der Waals surface area contributed by atoms with E-state index >= 15 is 0 Å². The average molecular weight is 330 g/mol. The maximum absolute atomic E-state index is 11.9. The number of carbonyl (C=O) groups excluding carboxylic acids is 1. The number of hydrogen-bond acceptors (Lipinski definition) is 6. The molecule has 0 atom stereocenters. The fourth-order valence-electron chi connectivity index (χ4n) is 1.95. The van der Waals surface area contributed by atoms with Crippen LogP contribution in [0.2, 0.25) is 0 Å². The van der Waals surface area contributed by atoms with E-state index < -0.39 is 15.8 Å². The van der Waals surface area contributed by atoms with Crippen molar-refractivity contribution in [1.82, 2.24) is 5.32 Å². The minimum Gasteiger partial charge on any atom is -0.383 e. The molecular formula is C15H14N4O5. The summed E-state index contributed by atoms with van der Waals surface area (Å²) in [5.74, 6) is -0.413. The first kappa shape index (κ1) is 16.9. The molecule has 0 heterocycles. The van der Waals surface area contributed by atoms with Crippen molar-refractivity contribution in [2.45, 2.75) is 0 Å². The van der Waals surface area contributed by atoms with Gasteiger partial charge in [0.05, 0.1) is 9.85 Å². The molecule has 0 aliphatic heterocycles. The normalized spacial score (nSPS) is 10.0. The number of non-ortho nitro benzene ring substituents is 2. The van der Waals surface area contributed by atoms with E-state index in [2.05, 4.69) is 10.6 Å². The van der Waals surface area contributed by atoms with Crippen molar-refractivity contribution in [2.75, 3.05) is 18.4 Å². The molecule has 0 saturated heterocycles. The molecule has 0 fully saturated rings. The van der Waals surface area contributed by atoms with E-state index in [1.54, 1.807) is 12.1 Å². The highest BCUT2D eigenvalue weighted by Gasteiger charge is 2.10. The molecule has 1 amide bonds. The van der Waals surface area contributed by atoms with E-state index in [0.717, 1.165) is 0 Å². The zero-order valence-corrected chi connectivity index (χ0v) is 12.5. The highest BCUT2D eigenvalue weighted by Crippen LogP contribution is 2.15. The van der Waals surface area contributed by atoms with Crippen molar-refractivity contribution >= 4 is 23.0 Å². The molecule has 0 aliphatic carbocycles. The van der Waals surface area contributed by atoms with Gasteiger partial charge in [0, 0.05) is 48.6 Å². The predicted octanol–water partition coefficient (Wildman–Crippen LogP) is 2.34. The molecule has 0 unspecified atom stereocenters. The van der Waals surface area contributed by atoms with Crippen LogP contribution in [0.1, 0.15) is 10.4 Å². The Hall–Kier alpha value is -3.49. The van der Waals surface area contributed by atoms with Gasteiger partial charge in [-0.2, -0.15) is 0 Å². The maximum Gasteiger partial charge on any atom is 0.270 e. The molecule has 24 heavy (non-hydrogen) atoms. The molecule has 0 aliphatic rings. The fraction of sp³-hybridized carbons (Fsp3) is 0.133. The van der Waals surface area contributed by atoms with Gasteiger partial charge in [-0.1, -0.05) is 6.07 Å². The summed E-state index contributed by atoms with van der Waals surface area (Å²) in [6.45, 7) is 0.691. The Morgan fingerprint density at radius 2 is 1.58 bits per heavy atom. The van der Waals surface area contributed by atoms with Gasteiger partial charge >= 0.3 is 0 Å². The van der Waals surface area contributed by atoms with Crippen LogP contribution in [0.25, 0.3) is 0 Å². The number of nitro benzene ring substituents is 2. The van der Waals surface area contributed by atoms with Crippen molar-refractivity contribution in [3.8, 4) is 0 Å². The molecular weight excluding hydrogens is 316 g/mol. The fourth-order valence-corrected chi connectivity index (χ4v) is 1.95. The van der Waals surface area contributed by atoms with Crippen LogP contribution in [0, 0.1) is 20.2 Å². The van der Waals surface area contributed by atoms with Gasteiger partial charge in [0.25, 0.3) is 17.3 Å². The van der Waals surface area contributed by atoms with Crippen LogP contribution in [0.15, 0.2) is 48.5 Å². The summed E-state index contributed by atoms with van der Waals surface area (Å²) in [5, 5.41) is 26.9. The Bertz CT molecular complexity index is 761. The largest absolute Gasteiger partial charge is 0.383 e. The minimum atomic E-state index is -0.563. The Morgan fingerprint density at radius 3 is 2.21 bits per heavy atom. The minimum absolute atomic E-state index is 0.000440. The Kier molecular flexibility index (Phi) is 5.40. The first-order chi connectivity index (χ1) is 11.5. The van der Waals surface area contributed by atoms with Crippen molar-refractivity contribution in [2.24, 2.45) is 0 Å². The molecule has 0 saturated carbocycles. The number of hydrogen-bond donors (Lipinski definition) is 2. The number of benzene rings is 2. The Labute approximate surface area is 136 Å². The average Bonchev–Trinajstić information content (AvgIpc) is 2.59. The van der Waals surface area contributed by atoms with Gasteiger partial charge in [-0.15, -0.1) is 0 Å². The lowest BCUT2D eigenvalue weighted by atomic mass is 10.2. The molecule has 0 bridgehead atoms. The van der Waals surface area contributed by atoms with E-state index in [0.29, 0.717) is 18.8 Å². The third-order valence-corrected chi connectivity index (χ3v) is 3.14. The Balaban J connectivity index is 1.81. The monoisotopic (exact) mass is 330 g/mol. The van der Waals surface area contributed by atoms with Crippen LogP contribution in [0.3, 0.4) is 0 Å². The molecule has 124 valence electrons. The predicted molar refractivity (Wildman–Crippen MR) is 87.0 cm³/mol. The summed E-state index contributed by atoms with van der Waals surface area (Å²) in [5.41, 5.74) is 0.746. The highest BCUT2D eigenvalue weighted by atomic mass is 16.6. The number of nitrogens with one attached hydrogen (secondary N) is 2. The van der Waals surface area contributed by atoms with Gasteiger partial charge in [0.2, 0.25) is 0 Å². The zero-order chi connectivity index (χ0) is 17.5. The smallest absolute Gasteiger partial charge is 0.270 e. The number of anilines is 1. The summed E-state index contributed by atoms with van der Waals surface area (Å²) in [6, 6.07) is 11.4. The first-order valence-electron chi connectivity index (χ1n) is 6.98. The van der Waals surface area contributed by atoms with Crippen LogP contribution in [-0.2, 0) is 0 Å². The van der Waals surface area contributed by atoms with Gasteiger partial charge in [-0.05, 0) is 18.2 Å². The number of carbonyl (C=O) groups is 1. The van der Waals surface area contributed by atoms with Crippen molar-refractivity contribution in [3.05, 3.63) is 74.3 Å². The van der Waals surface area contributed by atoms with Crippen LogP contribution in [-0.4, -0.2) is 28.8 Å². The van der Waals surface area contributed by atoms with Gasteiger partial charge in [0.1, 0.15) is 0 Å². The lowest BCUT2D eigenvalue weighted by Gasteiger charge is -2.08. The van der Waals surface area contributed by atoms with Crippen molar-refractivity contribution in [1.29, 1.82) is 0 Å². The van der Waals surface area contributed by atoms with E-state index in [4.69, 9.17) is 0 Å². The lowest BCUT2D eigenvalue weighted by molar-refractivity contribution is -0.385. The molecule has 2 aromatic carbocycles. The topological polar surface area (TPSA) is 127 Å². The highest BCUT2D eigenvalue weighted by molar-refractivity contribution is 5.94. The number of rotatable bonds is 7. The second-order valence-corrected chi connectivity index (χ2v) is 4.79. The first-order valence-corrected chi connectivity index (χ1v) is 6.98. The third kappa shape index (κ3) is 4.50. The summed E-state index contributed by atoms with van der Waals surface area (Å²) in [6.07, 6.45) is 0. The van der Waals surface area contributed by atoms with E-state index in [-0.39, 0.29) is 16.9 Å². The zero-order valence-electron chi connectivity index (χ0n) is 12.5. The van der Waals surface area contributed by atoms with Crippen LogP contribution < -0.4 is 10.6 Å². The quantitative estimate of drug-likeness (QED) is 0.455. The standard InChI is InChI=1S/C15H14N4O5/c20-15(11-2-1-3-14(10-11)19(23)24)17-9-8-16-12-4-6-13(7-5-12)18(21)22/h1-7,10,16H,8-9H2,(H,17,20). The van der Waals surface area contributed by atoms with Gasteiger partial charge in [-0.3, -0.25) is 25.0 Å². The molecule has 2 N–H and O–H groups in total. The molecule has 0 spiro atoms. The lowest BCUT2D eigenvalue weighted by Crippen LogP contribution is -2.28. The molecule has 0 radical (unpaired) electrons. The van der Waals surface area contributed by atoms with E-state index in [9.17, 15) is 25.0 Å². The van der Waals surface area contributed by atoms with Crippen LogP contribution in [0.5, 0.6) is 0 Å². The van der Waals surface area contributed by atoms with Gasteiger partial charge in [-0.25, -0.2) is 0 Å². The summed E-state index contributed by atoms with van der Waals surface area (Å²) >= 11 is 0. The molecule has 9 heteroatoms. The van der Waals surface area contributed by atoms with Crippen LogP contribution in [0.4, 0.5) is 17.1 Å². The third-order valence-electron chi connectivity index (χ3n) is 3.14. The second kappa shape index (κ2) is 7.68. The number of nitro groups is 2. The molecule has 9 nitrogen and oxygen atoms in total. The van der Waals surface area contributed by atoms with Crippen LogP contribution >= 0.6 is 0 Å². The van der Waals surface area contributed by atoms with Gasteiger partial charge in [0.15, 0.2) is 0 Å². The van der Waals surface area contributed by atoms with Crippen molar-refractivity contribution in [3.63, 3.8) is 0 Å². The SMILES string of the molecule is O=C(NCCNc1ccc([N+](=O)[O-])cc1)c1cccc([N+](=O)[O-])c1. The van der Waals surface area contributed by atoms with E-state index in [1.807, 2.05) is 0 Å². The summed E-state index contributed by atoms with van der Waals surface area (Å²) in [4.78, 5) is 32.1. The van der Waals surface area contributed by atoms with E-state index in [1.165, 1.54) is 36.4 Å². The van der Waals surface area contributed by atoms with Gasteiger partial charge < -0.3 is 10.6 Å². The molecule has 2 aromatic rings. The maximum atomic E-state index is 11.9. The number of nitrogens with zero attached hydrogens (tertiary/aromatic N) is 2. The molecule has 2 rings (SSSR count). The summed E-state index contributed by atoms with van der Waals surface area (Å²) in [7, 11) is 0. The summed E-state index contributed by atoms with van der Waals surface area (Å²) < 4.78 is 0.